The summed E-state index contributed by atoms with van der Waals surface area (Å²) in [6.45, 7) is 3.50. The van der Waals surface area contributed by atoms with Crippen LogP contribution in [-0.4, -0.2) is 20.0 Å². The van der Waals surface area contributed by atoms with Gasteiger partial charge in [-0.25, -0.2) is 0 Å². The Bertz CT molecular complexity index is 429. The number of carbonyl (C=O) groups excluding carboxylic acids is 1. The van der Waals surface area contributed by atoms with Crippen LogP contribution in [0.1, 0.15) is 36.9 Å². The molecular formula is C14H21NO3. The van der Waals surface area contributed by atoms with Crippen molar-refractivity contribution in [2.24, 2.45) is 5.73 Å². The molecule has 0 saturated carbocycles. The zero-order chi connectivity index (χ0) is 13.7. The molecule has 1 unspecified atom stereocenters. The van der Waals surface area contributed by atoms with Crippen molar-refractivity contribution in [2.75, 3.05) is 14.2 Å². The van der Waals surface area contributed by atoms with Gasteiger partial charge in [-0.05, 0) is 26.3 Å². The zero-order valence-electron chi connectivity index (χ0n) is 11.4. The Labute approximate surface area is 108 Å². The lowest BCUT2D eigenvalue weighted by atomic mass is 9.98. The van der Waals surface area contributed by atoms with Crippen molar-refractivity contribution < 1.29 is 14.3 Å². The van der Waals surface area contributed by atoms with E-state index in [2.05, 4.69) is 0 Å². The fraction of sp³-hybridized carbons (Fsp3) is 0.500. The highest BCUT2D eigenvalue weighted by Gasteiger charge is 2.16. The van der Waals surface area contributed by atoms with Gasteiger partial charge in [-0.1, -0.05) is 6.07 Å². The Hall–Kier alpha value is -1.55. The van der Waals surface area contributed by atoms with E-state index in [-0.39, 0.29) is 11.8 Å². The molecule has 0 spiro atoms. The highest BCUT2D eigenvalue weighted by molar-refractivity contribution is 5.75. The lowest BCUT2D eigenvalue weighted by Gasteiger charge is -2.18. The maximum atomic E-state index is 11.0. The molecule has 0 aliphatic rings. The van der Waals surface area contributed by atoms with Gasteiger partial charge in [-0.3, -0.25) is 0 Å². The fourth-order valence-electron chi connectivity index (χ4n) is 1.99. The number of carbonyl (C=O) groups is 1. The summed E-state index contributed by atoms with van der Waals surface area (Å²) in [5.74, 6) is 1.66. The number of ketones is 1. The predicted octanol–water partition coefficient (Wildman–Crippen LogP) is 2.38. The van der Waals surface area contributed by atoms with E-state index in [0.717, 1.165) is 22.6 Å². The maximum absolute atomic E-state index is 11.0. The molecule has 18 heavy (non-hydrogen) atoms. The van der Waals surface area contributed by atoms with Crippen LogP contribution in [0, 0.1) is 6.92 Å². The minimum Gasteiger partial charge on any atom is -0.496 e. The Kier molecular flexibility index (Phi) is 5.16. The van der Waals surface area contributed by atoms with Gasteiger partial charge in [-0.15, -0.1) is 0 Å². The summed E-state index contributed by atoms with van der Waals surface area (Å²) in [5.41, 5.74) is 7.95. The molecule has 100 valence electrons. The summed E-state index contributed by atoms with van der Waals surface area (Å²) in [6.07, 6.45) is 1.10. The maximum Gasteiger partial charge on any atom is 0.130 e. The van der Waals surface area contributed by atoms with Crippen LogP contribution in [-0.2, 0) is 4.79 Å². The molecule has 0 aliphatic heterocycles. The molecule has 0 radical (unpaired) electrons. The van der Waals surface area contributed by atoms with Gasteiger partial charge < -0.3 is 20.0 Å². The first-order chi connectivity index (χ1) is 8.51. The average molecular weight is 251 g/mol. The molecule has 0 aromatic heterocycles. The van der Waals surface area contributed by atoms with Crippen molar-refractivity contribution >= 4 is 5.78 Å². The van der Waals surface area contributed by atoms with E-state index in [1.165, 1.54) is 0 Å². The smallest absolute Gasteiger partial charge is 0.130 e. The summed E-state index contributed by atoms with van der Waals surface area (Å²) in [4.78, 5) is 11.0. The summed E-state index contributed by atoms with van der Waals surface area (Å²) < 4.78 is 10.6. The van der Waals surface area contributed by atoms with E-state index < -0.39 is 0 Å². The number of ether oxygens (including phenoxy) is 2. The summed E-state index contributed by atoms with van der Waals surface area (Å²) >= 11 is 0. The quantitative estimate of drug-likeness (QED) is 0.843. The minimum atomic E-state index is -0.201. The van der Waals surface area contributed by atoms with Crippen molar-refractivity contribution in [1.29, 1.82) is 0 Å². The average Bonchev–Trinajstić information content (AvgIpc) is 2.35. The summed E-state index contributed by atoms with van der Waals surface area (Å²) in [7, 11) is 3.24. The number of rotatable bonds is 6. The Morgan fingerprint density at radius 1 is 1.33 bits per heavy atom. The van der Waals surface area contributed by atoms with Crippen LogP contribution < -0.4 is 15.2 Å². The largest absolute Gasteiger partial charge is 0.496 e. The third-order valence-corrected chi connectivity index (χ3v) is 3.02. The van der Waals surface area contributed by atoms with Crippen molar-refractivity contribution in [1.82, 2.24) is 0 Å². The monoisotopic (exact) mass is 251 g/mol. The lowest BCUT2D eigenvalue weighted by Crippen LogP contribution is -2.13. The van der Waals surface area contributed by atoms with Gasteiger partial charge in [0.25, 0.3) is 0 Å². The van der Waals surface area contributed by atoms with Crippen LogP contribution in [0.5, 0.6) is 11.5 Å². The van der Waals surface area contributed by atoms with Gasteiger partial charge in [-0.2, -0.15) is 0 Å². The first kappa shape index (κ1) is 14.5. The first-order valence-electron chi connectivity index (χ1n) is 5.97. The Morgan fingerprint density at radius 2 is 2.00 bits per heavy atom. The molecular weight excluding hydrogens is 230 g/mol. The van der Waals surface area contributed by atoms with Crippen LogP contribution in [0.25, 0.3) is 0 Å². The number of Topliss-reactive ketones (excluding diaryl/α,β-unsaturated/α-hetero) is 1. The Balaban J connectivity index is 3.01. The van der Waals surface area contributed by atoms with E-state index in [9.17, 15) is 4.79 Å². The van der Waals surface area contributed by atoms with Crippen LogP contribution in [0.2, 0.25) is 0 Å². The van der Waals surface area contributed by atoms with Crippen molar-refractivity contribution in [3.8, 4) is 11.5 Å². The topological polar surface area (TPSA) is 61.5 Å². The van der Waals surface area contributed by atoms with Crippen LogP contribution >= 0.6 is 0 Å². The second kappa shape index (κ2) is 6.40. The third kappa shape index (κ3) is 3.23. The van der Waals surface area contributed by atoms with Crippen LogP contribution in [0.3, 0.4) is 0 Å². The molecule has 0 fully saturated rings. The zero-order valence-corrected chi connectivity index (χ0v) is 11.4. The van der Waals surface area contributed by atoms with Gasteiger partial charge in [0.05, 0.1) is 14.2 Å². The minimum absolute atomic E-state index is 0.148. The SMILES string of the molecule is COc1ccc(C(N)CCC(C)=O)c(OC)c1C. The van der Waals surface area contributed by atoms with E-state index >= 15 is 0 Å². The Morgan fingerprint density at radius 3 is 2.50 bits per heavy atom. The molecule has 4 nitrogen and oxygen atoms in total. The predicted molar refractivity (Wildman–Crippen MR) is 71.1 cm³/mol. The molecule has 1 rings (SSSR count). The number of benzene rings is 1. The fourth-order valence-corrected chi connectivity index (χ4v) is 1.99. The van der Waals surface area contributed by atoms with Gasteiger partial charge >= 0.3 is 0 Å². The van der Waals surface area contributed by atoms with Crippen molar-refractivity contribution in [2.45, 2.75) is 32.7 Å². The van der Waals surface area contributed by atoms with Crippen LogP contribution in [0.4, 0.5) is 0 Å². The van der Waals surface area contributed by atoms with E-state index in [1.807, 2.05) is 19.1 Å². The highest BCUT2D eigenvalue weighted by Crippen LogP contribution is 2.35. The number of methoxy groups -OCH3 is 2. The molecule has 0 heterocycles. The molecule has 1 aromatic carbocycles. The van der Waals surface area contributed by atoms with Gasteiger partial charge in [0.2, 0.25) is 0 Å². The normalized spacial score (nSPS) is 12.1. The molecule has 0 bridgehead atoms. The molecule has 0 aliphatic carbocycles. The second-order valence-electron chi connectivity index (χ2n) is 4.36. The van der Waals surface area contributed by atoms with Gasteiger partial charge in [0.15, 0.2) is 0 Å². The van der Waals surface area contributed by atoms with Gasteiger partial charge in [0, 0.05) is 23.6 Å². The summed E-state index contributed by atoms with van der Waals surface area (Å²) in [6, 6.07) is 3.57. The lowest BCUT2D eigenvalue weighted by molar-refractivity contribution is -0.117. The van der Waals surface area contributed by atoms with Crippen molar-refractivity contribution in [3.05, 3.63) is 23.3 Å². The van der Waals surface area contributed by atoms with Crippen LogP contribution in [0.15, 0.2) is 12.1 Å². The van der Waals surface area contributed by atoms with E-state index in [1.54, 1.807) is 21.1 Å². The first-order valence-corrected chi connectivity index (χ1v) is 5.97. The van der Waals surface area contributed by atoms with E-state index in [4.69, 9.17) is 15.2 Å². The van der Waals surface area contributed by atoms with Crippen molar-refractivity contribution in [3.63, 3.8) is 0 Å². The third-order valence-electron chi connectivity index (χ3n) is 3.02. The van der Waals surface area contributed by atoms with Gasteiger partial charge in [0.1, 0.15) is 17.3 Å². The number of hydrogen-bond acceptors (Lipinski definition) is 4. The van der Waals surface area contributed by atoms with E-state index in [0.29, 0.717) is 12.8 Å². The standard InChI is InChI=1S/C14H21NO3/c1-9(16)5-7-12(15)11-6-8-13(17-3)10(2)14(11)18-4/h6,8,12H,5,7,15H2,1-4H3. The number of nitrogens with two attached hydrogens (primary N) is 1. The molecule has 4 heteroatoms. The highest BCUT2D eigenvalue weighted by atomic mass is 16.5. The molecule has 0 saturated heterocycles. The number of hydrogen-bond donors (Lipinski definition) is 1. The molecule has 1 atom stereocenters. The summed E-state index contributed by atoms with van der Waals surface area (Å²) in [5, 5.41) is 0. The molecule has 1 aromatic rings. The second-order valence-corrected chi connectivity index (χ2v) is 4.36. The molecule has 2 N–H and O–H groups in total. The molecule has 0 amide bonds.